The van der Waals surface area contributed by atoms with Crippen molar-refractivity contribution in [3.05, 3.63) is 0 Å². The average molecular weight is 244 g/mol. The van der Waals surface area contributed by atoms with Crippen LogP contribution in [0, 0.1) is 0 Å². The summed E-state index contributed by atoms with van der Waals surface area (Å²) in [6, 6.07) is 0.617. The van der Waals surface area contributed by atoms with Crippen molar-refractivity contribution in [3.8, 4) is 0 Å². The summed E-state index contributed by atoms with van der Waals surface area (Å²) in [6.45, 7) is 10.2. The quantitative estimate of drug-likeness (QED) is 0.729. The van der Waals surface area contributed by atoms with E-state index in [2.05, 4.69) is 37.4 Å². The first-order chi connectivity index (χ1) is 7.59. The number of hydrogen-bond donors (Lipinski definition) is 1. The first-order valence-corrected chi connectivity index (χ1v) is 7.65. The average Bonchev–Trinajstić information content (AvgIpc) is 2.23. The molecule has 1 rings (SSSR count). The smallest absolute Gasteiger partial charge is 0.0231 e. The van der Waals surface area contributed by atoms with Gasteiger partial charge in [-0.25, -0.2) is 0 Å². The Labute approximate surface area is 105 Å². The van der Waals surface area contributed by atoms with E-state index in [1.807, 2.05) is 0 Å². The first-order valence-electron chi connectivity index (χ1n) is 6.67. The van der Waals surface area contributed by atoms with E-state index in [1.54, 1.807) is 0 Å². The Morgan fingerprint density at radius 1 is 1.38 bits per heavy atom. The molecule has 96 valence electrons. The van der Waals surface area contributed by atoms with Crippen LogP contribution in [0.1, 0.15) is 46.5 Å². The van der Waals surface area contributed by atoms with E-state index in [9.17, 15) is 0 Å². The highest BCUT2D eigenvalue weighted by atomic mass is 32.2. The van der Waals surface area contributed by atoms with Crippen molar-refractivity contribution < 1.29 is 0 Å². The van der Waals surface area contributed by atoms with Crippen molar-refractivity contribution >= 4 is 11.8 Å². The summed E-state index contributed by atoms with van der Waals surface area (Å²) >= 11 is 2.10. The summed E-state index contributed by atoms with van der Waals surface area (Å²) in [4.78, 5) is 2.62. The molecule has 1 aliphatic rings. The molecule has 3 heteroatoms. The molecule has 0 amide bonds. The minimum atomic E-state index is 0.413. The third-order valence-corrected chi connectivity index (χ3v) is 4.68. The molecule has 0 aromatic heterocycles. The fraction of sp³-hybridized carbons (Fsp3) is 1.00. The third kappa shape index (κ3) is 4.64. The molecule has 1 heterocycles. The van der Waals surface area contributed by atoms with Crippen LogP contribution in [0.5, 0.6) is 0 Å². The van der Waals surface area contributed by atoms with Crippen LogP contribution in [0.3, 0.4) is 0 Å². The van der Waals surface area contributed by atoms with E-state index in [0.29, 0.717) is 10.8 Å². The maximum absolute atomic E-state index is 5.93. The van der Waals surface area contributed by atoms with Gasteiger partial charge < -0.3 is 5.73 Å². The SMILES string of the molecule is CCCCCC(CN)N1CCSC(C)(C)C1. The maximum Gasteiger partial charge on any atom is 0.0231 e. The molecule has 1 fully saturated rings. The molecule has 0 aromatic rings. The van der Waals surface area contributed by atoms with Crippen molar-refractivity contribution in [1.29, 1.82) is 0 Å². The highest BCUT2D eigenvalue weighted by Gasteiger charge is 2.30. The second kappa shape index (κ2) is 6.87. The van der Waals surface area contributed by atoms with Crippen LogP contribution in [0.4, 0.5) is 0 Å². The molecule has 0 bridgehead atoms. The van der Waals surface area contributed by atoms with Gasteiger partial charge in [0.25, 0.3) is 0 Å². The van der Waals surface area contributed by atoms with E-state index >= 15 is 0 Å². The zero-order valence-electron chi connectivity index (χ0n) is 11.2. The molecule has 2 nitrogen and oxygen atoms in total. The van der Waals surface area contributed by atoms with Gasteiger partial charge in [-0.05, 0) is 20.3 Å². The third-order valence-electron chi connectivity index (χ3n) is 3.38. The number of hydrogen-bond acceptors (Lipinski definition) is 3. The molecular formula is C13H28N2S. The minimum absolute atomic E-state index is 0.413. The first kappa shape index (κ1) is 14.3. The maximum atomic E-state index is 5.93. The lowest BCUT2D eigenvalue weighted by Crippen LogP contribution is -2.50. The monoisotopic (exact) mass is 244 g/mol. The standard InChI is InChI=1S/C13H28N2S/c1-4-5-6-7-12(10-14)15-8-9-16-13(2,3)11-15/h12H,4-11,14H2,1-3H3. The number of nitrogens with zero attached hydrogens (tertiary/aromatic N) is 1. The Hall–Kier alpha value is 0.270. The lowest BCUT2D eigenvalue weighted by molar-refractivity contribution is 0.179. The summed E-state index contributed by atoms with van der Waals surface area (Å²) in [6.07, 6.45) is 5.27. The van der Waals surface area contributed by atoms with Crippen LogP contribution in [-0.4, -0.2) is 41.1 Å². The topological polar surface area (TPSA) is 29.3 Å². The number of rotatable bonds is 6. The number of unbranched alkanes of at least 4 members (excludes halogenated alkanes) is 2. The van der Waals surface area contributed by atoms with Gasteiger partial charge in [-0.1, -0.05) is 26.2 Å². The van der Waals surface area contributed by atoms with E-state index in [1.165, 1.54) is 44.5 Å². The summed E-state index contributed by atoms with van der Waals surface area (Å²) in [5, 5.41) is 0. The largest absolute Gasteiger partial charge is 0.329 e. The van der Waals surface area contributed by atoms with Gasteiger partial charge in [-0.15, -0.1) is 0 Å². The fourth-order valence-electron chi connectivity index (χ4n) is 2.44. The molecule has 0 radical (unpaired) electrons. The molecule has 0 aliphatic carbocycles. The van der Waals surface area contributed by atoms with Crippen LogP contribution in [0.2, 0.25) is 0 Å². The highest BCUT2D eigenvalue weighted by Crippen LogP contribution is 2.30. The van der Waals surface area contributed by atoms with Crippen molar-refractivity contribution in [2.45, 2.75) is 57.2 Å². The highest BCUT2D eigenvalue weighted by molar-refractivity contribution is 8.00. The lowest BCUT2D eigenvalue weighted by Gasteiger charge is -2.41. The van der Waals surface area contributed by atoms with Crippen LogP contribution in [0.25, 0.3) is 0 Å². The molecule has 1 aliphatic heterocycles. The molecule has 1 saturated heterocycles. The Kier molecular flexibility index (Phi) is 6.16. The van der Waals surface area contributed by atoms with Crippen molar-refractivity contribution in [3.63, 3.8) is 0 Å². The molecule has 0 saturated carbocycles. The molecule has 2 N–H and O–H groups in total. The fourth-order valence-corrected chi connectivity index (χ4v) is 3.58. The predicted octanol–water partition coefficient (Wildman–Crippen LogP) is 2.72. The summed E-state index contributed by atoms with van der Waals surface area (Å²) < 4.78 is 0.413. The van der Waals surface area contributed by atoms with Gasteiger partial charge in [0.2, 0.25) is 0 Å². The Morgan fingerprint density at radius 2 is 2.12 bits per heavy atom. The van der Waals surface area contributed by atoms with Crippen LogP contribution in [-0.2, 0) is 0 Å². The van der Waals surface area contributed by atoms with Gasteiger partial charge in [0.05, 0.1) is 0 Å². The normalized spacial score (nSPS) is 23.2. The lowest BCUT2D eigenvalue weighted by atomic mass is 10.0. The van der Waals surface area contributed by atoms with Gasteiger partial charge in [-0.2, -0.15) is 11.8 Å². The number of nitrogens with two attached hydrogens (primary N) is 1. The second-order valence-corrected chi connectivity index (χ2v) is 7.27. The van der Waals surface area contributed by atoms with Gasteiger partial charge in [-0.3, -0.25) is 4.90 Å². The van der Waals surface area contributed by atoms with Crippen molar-refractivity contribution in [1.82, 2.24) is 4.90 Å². The Balaban J connectivity index is 2.39. The summed E-state index contributed by atoms with van der Waals surface area (Å²) in [5.41, 5.74) is 5.93. The minimum Gasteiger partial charge on any atom is -0.329 e. The molecule has 1 unspecified atom stereocenters. The molecule has 0 aromatic carbocycles. The number of thioether (sulfide) groups is 1. The molecule has 0 spiro atoms. The van der Waals surface area contributed by atoms with E-state index in [-0.39, 0.29) is 0 Å². The second-order valence-electron chi connectivity index (χ2n) is 5.46. The molecule has 16 heavy (non-hydrogen) atoms. The van der Waals surface area contributed by atoms with Crippen LogP contribution < -0.4 is 5.73 Å². The van der Waals surface area contributed by atoms with Crippen LogP contribution >= 0.6 is 11.8 Å². The Morgan fingerprint density at radius 3 is 2.69 bits per heavy atom. The van der Waals surface area contributed by atoms with Crippen molar-refractivity contribution in [2.75, 3.05) is 25.4 Å². The summed E-state index contributed by atoms with van der Waals surface area (Å²) in [7, 11) is 0. The van der Waals surface area contributed by atoms with E-state index < -0.39 is 0 Å². The van der Waals surface area contributed by atoms with Crippen LogP contribution in [0.15, 0.2) is 0 Å². The summed E-state index contributed by atoms with van der Waals surface area (Å²) in [5.74, 6) is 1.26. The van der Waals surface area contributed by atoms with E-state index in [4.69, 9.17) is 5.73 Å². The van der Waals surface area contributed by atoms with Gasteiger partial charge in [0.15, 0.2) is 0 Å². The zero-order valence-corrected chi connectivity index (χ0v) is 12.0. The van der Waals surface area contributed by atoms with E-state index in [0.717, 1.165) is 6.54 Å². The van der Waals surface area contributed by atoms with Gasteiger partial charge in [0.1, 0.15) is 0 Å². The Bertz CT molecular complexity index is 194. The molecule has 1 atom stereocenters. The predicted molar refractivity (Wildman–Crippen MR) is 75.1 cm³/mol. The zero-order chi connectivity index (χ0) is 12.0. The van der Waals surface area contributed by atoms with Gasteiger partial charge in [0, 0.05) is 36.2 Å². The molecular weight excluding hydrogens is 216 g/mol. The van der Waals surface area contributed by atoms with Gasteiger partial charge >= 0.3 is 0 Å². The van der Waals surface area contributed by atoms with Crippen molar-refractivity contribution in [2.24, 2.45) is 5.73 Å².